The zero-order chi connectivity index (χ0) is 14.1. The summed E-state index contributed by atoms with van der Waals surface area (Å²) in [5.41, 5.74) is 1.36. The van der Waals surface area contributed by atoms with Crippen LogP contribution >= 0.6 is 0 Å². The molecule has 0 aliphatic carbocycles. The van der Waals surface area contributed by atoms with Crippen molar-refractivity contribution in [3.8, 4) is 0 Å². The van der Waals surface area contributed by atoms with Crippen LogP contribution < -0.4 is 5.32 Å². The fraction of sp³-hybridized carbons (Fsp3) is 0.571. The number of aromatic nitrogens is 1. The van der Waals surface area contributed by atoms with Gasteiger partial charge in [0.25, 0.3) is 5.91 Å². The summed E-state index contributed by atoms with van der Waals surface area (Å²) in [6.45, 7) is 6.16. The van der Waals surface area contributed by atoms with Gasteiger partial charge in [-0.3, -0.25) is 9.78 Å². The second kappa shape index (κ2) is 8.48. The van der Waals surface area contributed by atoms with E-state index < -0.39 is 0 Å². The minimum absolute atomic E-state index is 0.0869. The van der Waals surface area contributed by atoms with Crippen LogP contribution in [-0.2, 0) is 0 Å². The summed E-state index contributed by atoms with van der Waals surface area (Å²) in [4.78, 5) is 18.1. The van der Waals surface area contributed by atoms with Crippen LogP contribution in [0, 0.1) is 0 Å². The van der Waals surface area contributed by atoms with Crippen molar-refractivity contribution in [2.75, 3.05) is 31.6 Å². The molecule has 1 amide bonds. The van der Waals surface area contributed by atoms with E-state index in [4.69, 9.17) is 5.11 Å². The predicted molar refractivity (Wildman–Crippen MR) is 76.3 cm³/mol. The highest BCUT2D eigenvalue weighted by Crippen LogP contribution is 2.10. The highest BCUT2D eigenvalue weighted by molar-refractivity contribution is 5.93. The number of amides is 1. The van der Waals surface area contributed by atoms with E-state index in [0.717, 1.165) is 18.7 Å². The minimum Gasteiger partial charge on any atom is -0.396 e. The number of nitrogens with zero attached hydrogens (tertiary/aromatic N) is 2. The number of carbonyl (C=O) groups excluding carboxylic acids is 1. The van der Waals surface area contributed by atoms with E-state index in [0.29, 0.717) is 25.2 Å². The van der Waals surface area contributed by atoms with Gasteiger partial charge in [0, 0.05) is 38.1 Å². The number of nitrogens with one attached hydrogen (secondary N) is 1. The lowest BCUT2D eigenvalue weighted by Gasteiger charge is -2.20. The first-order valence-electron chi connectivity index (χ1n) is 6.83. The molecule has 0 spiro atoms. The van der Waals surface area contributed by atoms with Crippen molar-refractivity contribution in [2.45, 2.75) is 26.7 Å². The van der Waals surface area contributed by atoms with Crippen molar-refractivity contribution < 1.29 is 9.90 Å². The molecule has 106 valence electrons. The molecule has 1 aromatic heterocycles. The van der Waals surface area contributed by atoms with Crippen LogP contribution in [0.25, 0.3) is 0 Å². The molecule has 0 saturated heterocycles. The van der Waals surface area contributed by atoms with E-state index in [1.165, 1.54) is 0 Å². The largest absolute Gasteiger partial charge is 0.396 e. The Morgan fingerprint density at radius 3 is 2.89 bits per heavy atom. The van der Waals surface area contributed by atoms with Crippen molar-refractivity contribution in [2.24, 2.45) is 0 Å². The highest BCUT2D eigenvalue weighted by Gasteiger charge is 2.15. The molecule has 0 aromatic carbocycles. The maximum atomic E-state index is 12.3. The molecule has 0 aliphatic heterocycles. The lowest BCUT2D eigenvalue weighted by atomic mass is 10.2. The molecule has 0 saturated carbocycles. The number of anilines is 1. The maximum absolute atomic E-state index is 12.3. The first-order valence-corrected chi connectivity index (χ1v) is 6.83. The Morgan fingerprint density at radius 2 is 2.26 bits per heavy atom. The van der Waals surface area contributed by atoms with Crippen molar-refractivity contribution in [3.05, 3.63) is 24.0 Å². The summed E-state index contributed by atoms with van der Waals surface area (Å²) in [7, 11) is 0. The summed E-state index contributed by atoms with van der Waals surface area (Å²) < 4.78 is 0. The van der Waals surface area contributed by atoms with Gasteiger partial charge in [0.05, 0.1) is 0 Å². The van der Waals surface area contributed by atoms with E-state index in [9.17, 15) is 4.79 Å². The molecule has 2 N–H and O–H groups in total. The fourth-order valence-electron chi connectivity index (χ4n) is 1.75. The maximum Gasteiger partial charge on any atom is 0.272 e. The van der Waals surface area contributed by atoms with Gasteiger partial charge in [0.1, 0.15) is 5.69 Å². The van der Waals surface area contributed by atoms with Gasteiger partial charge in [-0.25, -0.2) is 0 Å². The van der Waals surface area contributed by atoms with Gasteiger partial charge in [0.2, 0.25) is 0 Å². The normalized spacial score (nSPS) is 10.3. The Hall–Kier alpha value is -1.62. The Labute approximate surface area is 114 Å². The molecule has 0 fully saturated rings. The number of aliphatic hydroxyl groups is 1. The minimum atomic E-state index is -0.0869. The smallest absolute Gasteiger partial charge is 0.272 e. The molecule has 1 heterocycles. The summed E-state index contributed by atoms with van der Waals surface area (Å²) in [6.07, 6.45) is 3.27. The molecule has 1 aromatic rings. The highest BCUT2D eigenvalue weighted by atomic mass is 16.3. The van der Waals surface area contributed by atoms with Gasteiger partial charge in [-0.1, -0.05) is 6.92 Å². The van der Waals surface area contributed by atoms with Crippen LogP contribution in [0.3, 0.4) is 0 Å². The van der Waals surface area contributed by atoms with Gasteiger partial charge < -0.3 is 15.3 Å². The Bertz CT molecular complexity index is 396. The number of aliphatic hydroxyl groups excluding tert-OH is 1. The molecule has 0 bridgehead atoms. The van der Waals surface area contributed by atoms with Crippen molar-refractivity contribution >= 4 is 11.6 Å². The number of carbonyl (C=O) groups is 1. The van der Waals surface area contributed by atoms with E-state index in [-0.39, 0.29) is 12.5 Å². The number of rotatable bonds is 8. The molecule has 5 heteroatoms. The first-order chi connectivity index (χ1) is 9.22. The second-order valence-corrected chi connectivity index (χ2v) is 4.32. The molecule has 19 heavy (non-hydrogen) atoms. The van der Waals surface area contributed by atoms with Crippen molar-refractivity contribution in [3.63, 3.8) is 0 Å². The molecule has 0 unspecified atom stereocenters. The van der Waals surface area contributed by atoms with E-state index in [2.05, 4.69) is 17.2 Å². The SMILES string of the molecule is CCCNc1ccnc(C(=O)N(CC)CCCO)c1. The van der Waals surface area contributed by atoms with E-state index in [1.807, 2.05) is 13.0 Å². The molecule has 0 aliphatic rings. The van der Waals surface area contributed by atoms with E-state index >= 15 is 0 Å². The summed E-state index contributed by atoms with van der Waals surface area (Å²) in [5.74, 6) is -0.0869. The van der Waals surface area contributed by atoms with Gasteiger partial charge in [-0.05, 0) is 31.9 Å². The fourth-order valence-corrected chi connectivity index (χ4v) is 1.75. The lowest BCUT2D eigenvalue weighted by Crippen LogP contribution is -2.32. The Kier molecular flexibility index (Phi) is 6.89. The predicted octanol–water partition coefficient (Wildman–Crippen LogP) is 1.75. The number of hydrogen-bond donors (Lipinski definition) is 2. The summed E-state index contributed by atoms with van der Waals surface area (Å²) in [5, 5.41) is 12.1. The molecular formula is C14H23N3O2. The molecule has 5 nitrogen and oxygen atoms in total. The number of pyridine rings is 1. The third kappa shape index (κ3) is 4.87. The summed E-state index contributed by atoms with van der Waals surface area (Å²) in [6, 6.07) is 3.63. The lowest BCUT2D eigenvalue weighted by molar-refractivity contribution is 0.0748. The summed E-state index contributed by atoms with van der Waals surface area (Å²) >= 11 is 0. The zero-order valence-electron chi connectivity index (χ0n) is 11.7. The van der Waals surface area contributed by atoms with Crippen LogP contribution in [-0.4, -0.2) is 47.1 Å². The van der Waals surface area contributed by atoms with Crippen molar-refractivity contribution in [1.82, 2.24) is 9.88 Å². The third-order valence-corrected chi connectivity index (χ3v) is 2.81. The zero-order valence-corrected chi connectivity index (χ0v) is 11.7. The Morgan fingerprint density at radius 1 is 1.47 bits per heavy atom. The topological polar surface area (TPSA) is 65.5 Å². The molecule has 0 radical (unpaired) electrons. The van der Waals surface area contributed by atoms with Crippen molar-refractivity contribution in [1.29, 1.82) is 0 Å². The van der Waals surface area contributed by atoms with Crippen LogP contribution in [0.5, 0.6) is 0 Å². The van der Waals surface area contributed by atoms with Gasteiger partial charge >= 0.3 is 0 Å². The van der Waals surface area contributed by atoms with E-state index in [1.54, 1.807) is 17.2 Å². The van der Waals surface area contributed by atoms with Crippen LogP contribution in [0.15, 0.2) is 18.3 Å². The quantitative estimate of drug-likeness (QED) is 0.751. The number of hydrogen-bond acceptors (Lipinski definition) is 4. The second-order valence-electron chi connectivity index (χ2n) is 4.32. The van der Waals surface area contributed by atoms with Gasteiger partial charge in [0.15, 0.2) is 0 Å². The average molecular weight is 265 g/mol. The third-order valence-electron chi connectivity index (χ3n) is 2.81. The van der Waals surface area contributed by atoms with Gasteiger partial charge in [-0.15, -0.1) is 0 Å². The molecule has 0 atom stereocenters. The van der Waals surface area contributed by atoms with Gasteiger partial charge in [-0.2, -0.15) is 0 Å². The van der Waals surface area contributed by atoms with Crippen LogP contribution in [0.2, 0.25) is 0 Å². The van der Waals surface area contributed by atoms with Crippen LogP contribution in [0.1, 0.15) is 37.2 Å². The monoisotopic (exact) mass is 265 g/mol. The first kappa shape index (κ1) is 15.4. The standard InChI is InChI=1S/C14H23N3O2/c1-3-7-15-12-6-8-16-13(11-12)14(19)17(4-2)9-5-10-18/h6,8,11,18H,3-5,7,9-10H2,1-2H3,(H,15,16). The van der Waals surface area contributed by atoms with Crippen LogP contribution in [0.4, 0.5) is 5.69 Å². The average Bonchev–Trinajstić information content (AvgIpc) is 2.46. The Balaban J connectivity index is 2.74. The molecule has 1 rings (SSSR count). The molecular weight excluding hydrogens is 242 g/mol.